The van der Waals surface area contributed by atoms with Gasteiger partial charge in [-0.2, -0.15) is 0 Å². The standard InChI is InChI=1S/C7H12O4/c1-2-5(8)6-3-4-10-7(9)11-6/h5-6,8H,2-4H2,1H3. The van der Waals surface area contributed by atoms with Crippen molar-refractivity contribution in [2.75, 3.05) is 6.61 Å². The highest BCUT2D eigenvalue weighted by atomic mass is 16.7. The Labute approximate surface area is 65.1 Å². The van der Waals surface area contributed by atoms with E-state index in [1.165, 1.54) is 0 Å². The molecular formula is C7H12O4. The molecule has 64 valence electrons. The summed E-state index contributed by atoms with van der Waals surface area (Å²) in [6, 6.07) is 0. The van der Waals surface area contributed by atoms with E-state index < -0.39 is 12.3 Å². The van der Waals surface area contributed by atoms with E-state index in [-0.39, 0.29) is 6.10 Å². The lowest BCUT2D eigenvalue weighted by atomic mass is 10.1. The molecule has 0 radical (unpaired) electrons. The van der Waals surface area contributed by atoms with Gasteiger partial charge in [-0.25, -0.2) is 4.79 Å². The van der Waals surface area contributed by atoms with Crippen LogP contribution in [-0.2, 0) is 9.47 Å². The van der Waals surface area contributed by atoms with Gasteiger partial charge in [0, 0.05) is 6.42 Å². The summed E-state index contributed by atoms with van der Waals surface area (Å²) >= 11 is 0. The average Bonchev–Trinajstić information content (AvgIpc) is 2.03. The molecule has 1 aliphatic rings. The Hall–Kier alpha value is -0.770. The number of cyclic esters (lactones) is 2. The molecule has 0 aliphatic carbocycles. The predicted molar refractivity (Wildman–Crippen MR) is 37.1 cm³/mol. The van der Waals surface area contributed by atoms with Gasteiger partial charge in [-0.15, -0.1) is 0 Å². The molecule has 0 saturated carbocycles. The molecule has 1 saturated heterocycles. The molecule has 2 atom stereocenters. The van der Waals surface area contributed by atoms with Gasteiger partial charge in [-0.3, -0.25) is 0 Å². The van der Waals surface area contributed by atoms with Crippen LogP contribution >= 0.6 is 0 Å². The molecule has 11 heavy (non-hydrogen) atoms. The second-order valence-corrected chi connectivity index (χ2v) is 2.52. The lowest BCUT2D eigenvalue weighted by molar-refractivity contribution is -0.0719. The van der Waals surface area contributed by atoms with Crippen LogP contribution in [0.5, 0.6) is 0 Å². The third-order valence-corrected chi connectivity index (χ3v) is 1.72. The van der Waals surface area contributed by atoms with Gasteiger partial charge in [0.15, 0.2) is 0 Å². The van der Waals surface area contributed by atoms with E-state index >= 15 is 0 Å². The van der Waals surface area contributed by atoms with Gasteiger partial charge < -0.3 is 14.6 Å². The summed E-state index contributed by atoms with van der Waals surface area (Å²) in [4.78, 5) is 10.5. The van der Waals surface area contributed by atoms with E-state index in [1.54, 1.807) is 0 Å². The first kappa shape index (κ1) is 8.33. The molecule has 4 heteroatoms. The molecule has 0 spiro atoms. The minimum absolute atomic E-state index is 0.348. The largest absolute Gasteiger partial charge is 0.508 e. The van der Waals surface area contributed by atoms with Crippen molar-refractivity contribution in [2.45, 2.75) is 32.0 Å². The number of carbonyl (C=O) groups is 1. The van der Waals surface area contributed by atoms with Gasteiger partial charge in [0.1, 0.15) is 6.10 Å². The first-order valence-electron chi connectivity index (χ1n) is 3.75. The van der Waals surface area contributed by atoms with Crippen LogP contribution in [-0.4, -0.2) is 30.1 Å². The minimum Gasteiger partial charge on any atom is -0.434 e. The number of carbonyl (C=O) groups excluding carboxylic acids is 1. The first-order valence-corrected chi connectivity index (χ1v) is 3.75. The monoisotopic (exact) mass is 160 g/mol. The summed E-state index contributed by atoms with van der Waals surface area (Å²) in [5.74, 6) is 0. The Morgan fingerprint density at radius 3 is 3.09 bits per heavy atom. The van der Waals surface area contributed by atoms with E-state index in [4.69, 9.17) is 4.74 Å². The Bertz CT molecular complexity index is 145. The van der Waals surface area contributed by atoms with Crippen molar-refractivity contribution in [1.29, 1.82) is 0 Å². The highest BCUT2D eigenvalue weighted by Crippen LogP contribution is 2.13. The molecule has 1 heterocycles. The molecule has 0 aromatic carbocycles. The summed E-state index contributed by atoms with van der Waals surface area (Å²) in [7, 11) is 0. The Kier molecular flexibility index (Phi) is 2.70. The van der Waals surface area contributed by atoms with Crippen molar-refractivity contribution in [3.05, 3.63) is 0 Å². The molecule has 1 aliphatic heterocycles. The van der Waals surface area contributed by atoms with E-state index in [0.717, 1.165) is 0 Å². The van der Waals surface area contributed by atoms with Crippen molar-refractivity contribution in [1.82, 2.24) is 0 Å². The number of ether oxygens (including phenoxy) is 2. The summed E-state index contributed by atoms with van der Waals surface area (Å²) < 4.78 is 9.26. The first-order chi connectivity index (χ1) is 5.24. The van der Waals surface area contributed by atoms with E-state index in [9.17, 15) is 9.90 Å². The fraction of sp³-hybridized carbons (Fsp3) is 0.857. The quantitative estimate of drug-likeness (QED) is 0.603. The van der Waals surface area contributed by atoms with Crippen LogP contribution < -0.4 is 0 Å². The van der Waals surface area contributed by atoms with Crippen LogP contribution in [0.4, 0.5) is 4.79 Å². The fourth-order valence-corrected chi connectivity index (χ4v) is 1.01. The van der Waals surface area contributed by atoms with E-state index in [1.807, 2.05) is 6.92 Å². The minimum atomic E-state index is -0.672. The van der Waals surface area contributed by atoms with Crippen molar-refractivity contribution >= 4 is 6.16 Å². The fourth-order valence-electron chi connectivity index (χ4n) is 1.01. The summed E-state index contributed by atoms with van der Waals surface area (Å²) in [5, 5.41) is 9.27. The zero-order valence-corrected chi connectivity index (χ0v) is 6.45. The molecule has 0 amide bonds. The van der Waals surface area contributed by atoms with Crippen LogP contribution in [0.1, 0.15) is 19.8 Å². The van der Waals surface area contributed by atoms with Crippen molar-refractivity contribution in [2.24, 2.45) is 0 Å². The van der Waals surface area contributed by atoms with Gasteiger partial charge in [0.2, 0.25) is 0 Å². The summed E-state index contributed by atoms with van der Waals surface area (Å²) in [6.07, 6.45) is -0.420. The van der Waals surface area contributed by atoms with Gasteiger partial charge in [0.05, 0.1) is 12.7 Å². The maximum atomic E-state index is 10.5. The number of aliphatic hydroxyl groups excluding tert-OH is 1. The van der Waals surface area contributed by atoms with Crippen LogP contribution in [0.2, 0.25) is 0 Å². The number of aliphatic hydroxyl groups is 1. The predicted octanol–water partition coefficient (Wildman–Crippen LogP) is 0.683. The normalized spacial score (nSPS) is 27.1. The Morgan fingerprint density at radius 1 is 1.82 bits per heavy atom. The zero-order valence-electron chi connectivity index (χ0n) is 6.45. The maximum absolute atomic E-state index is 10.5. The highest BCUT2D eigenvalue weighted by Gasteiger charge is 2.26. The molecule has 0 aromatic rings. The van der Waals surface area contributed by atoms with Crippen LogP contribution in [0.15, 0.2) is 0 Å². The number of rotatable bonds is 2. The molecule has 1 rings (SSSR count). The lowest BCUT2D eigenvalue weighted by Gasteiger charge is -2.25. The SMILES string of the molecule is CCC(O)C1CCOC(=O)O1. The zero-order chi connectivity index (χ0) is 8.27. The highest BCUT2D eigenvalue weighted by molar-refractivity contribution is 5.60. The third-order valence-electron chi connectivity index (χ3n) is 1.72. The van der Waals surface area contributed by atoms with Crippen molar-refractivity contribution in [3.63, 3.8) is 0 Å². The van der Waals surface area contributed by atoms with Gasteiger partial charge in [-0.05, 0) is 6.42 Å². The maximum Gasteiger partial charge on any atom is 0.508 e. The second-order valence-electron chi connectivity index (χ2n) is 2.52. The molecule has 0 bridgehead atoms. The molecule has 1 N–H and O–H groups in total. The Balaban J connectivity index is 2.39. The third kappa shape index (κ3) is 2.08. The smallest absolute Gasteiger partial charge is 0.434 e. The second kappa shape index (κ2) is 3.57. The topological polar surface area (TPSA) is 55.8 Å². The van der Waals surface area contributed by atoms with Gasteiger partial charge in [-0.1, -0.05) is 6.92 Å². The van der Waals surface area contributed by atoms with Crippen molar-refractivity contribution < 1.29 is 19.4 Å². The van der Waals surface area contributed by atoms with Gasteiger partial charge >= 0.3 is 6.16 Å². The average molecular weight is 160 g/mol. The molecule has 4 nitrogen and oxygen atoms in total. The number of hydrogen-bond donors (Lipinski definition) is 1. The van der Waals surface area contributed by atoms with Crippen molar-refractivity contribution in [3.8, 4) is 0 Å². The molecule has 1 fully saturated rings. The summed E-state index contributed by atoms with van der Waals surface area (Å²) in [5.41, 5.74) is 0. The van der Waals surface area contributed by atoms with Gasteiger partial charge in [0.25, 0.3) is 0 Å². The molecule has 2 unspecified atom stereocenters. The summed E-state index contributed by atoms with van der Waals surface area (Å²) in [6.45, 7) is 2.19. The van der Waals surface area contributed by atoms with Crippen LogP contribution in [0.3, 0.4) is 0 Å². The number of hydrogen-bond acceptors (Lipinski definition) is 4. The van der Waals surface area contributed by atoms with E-state index in [2.05, 4.69) is 4.74 Å². The molecular weight excluding hydrogens is 148 g/mol. The Morgan fingerprint density at radius 2 is 2.55 bits per heavy atom. The van der Waals surface area contributed by atoms with Crippen LogP contribution in [0.25, 0.3) is 0 Å². The lowest BCUT2D eigenvalue weighted by Crippen LogP contribution is -2.36. The van der Waals surface area contributed by atoms with Crippen LogP contribution in [0, 0.1) is 0 Å². The molecule has 0 aromatic heterocycles. The van der Waals surface area contributed by atoms with E-state index in [0.29, 0.717) is 19.4 Å².